The summed E-state index contributed by atoms with van der Waals surface area (Å²) in [7, 11) is 0. The summed E-state index contributed by atoms with van der Waals surface area (Å²) in [6.07, 6.45) is 1.42. The van der Waals surface area contributed by atoms with Crippen LogP contribution in [0.15, 0.2) is 30.3 Å². The molecule has 1 heterocycles. The molecule has 0 amide bonds. The number of anilines is 1. The average molecular weight is 268 g/mol. The fourth-order valence-electron chi connectivity index (χ4n) is 2.13. The van der Waals surface area contributed by atoms with Crippen LogP contribution in [0.4, 0.5) is 5.69 Å². The number of benzene rings is 1. The molecule has 0 saturated heterocycles. The van der Waals surface area contributed by atoms with Gasteiger partial charge in [0.1, 0.15) is 0 Å². The Labute approximate surface area is 120 Å². The Balaban J connectivity index is 2.01. The van der Waals surface area contributed by atoms with Gasteiger partial charge in [0.05, 0.1) is 30.4 Å². The van der Waals surface area contributed by atoms with Gasteiger partial charge in [0, 0.05) is 12.2 Å². The summed E-state index contributed by atoms with van der Waals surface area (Å²) in [5.74, 6) is 0. The van der Waals surface area contributed by atoms with Crippen molar-refractivity contribution >= 4 is 5.69 Å². The molecule has 0 atom stereocenters. The van der Waals surface area contributed by atoms with Crippen LogP contribution in [0.25, 0.3) is 0 Å². The SMILES string of the molecule is CCc1cc(CNc2ccc(CC#N)cc2)n(CC)n1. The van der Waals surface area contributed by atoms with Crippen LogP contribution in [-0.2, 0) is 25.9 Å². The lowest BCUT2D eigenvalue weighted by Crippen LogP contribution is -2.07. The third-order valence-electron chi connectivity index (χ3n) is 3.29. The van der Waals surface area contributed by atoms with E-state index in [2.05, 4.69) is 36.4 Å². The fraction of sp³-hybridized carbons (Fsp3) is 0.375. The molecule has 0 spiro atoms. The number of aromatic nitrogens is 2. The maximum absolute atomic E-state index is 8.65. The zero-order valence-corrected chi connectivity index (χ0v) is 12.1. The van der Waals surface area contributed by atoms with E-state index in [4.69, 9.17) is 5.26 Å². The van der Waals surface area contributed by atoms with E-state index in [0.717, 1.165) is 36.5 Å². The average Bonchev–Trinajstić information content (AvgIpc) is 2.89. The molecule has 0 fully saturated rings. The van der Waals surface area contributed by atoms with Gasteiger partial charge in [-0.1, -0.05) is 19.1 Å². The first-order chi connectivity index (χ1) is 9.76. The third kappa shape index (κ3) is 3.39. The zero-order valence-electron chi connectivity index (χ0n) is 12.1. The monoisotopic (exact) mass is 268 g/mol. The second-order valence-electron chi connectivity index (χ2n) is 4.68. The lowest BCUT2D eigenvalue weighted by molar-refractivity contribution is 0.619. The third-order valence-corrected chi connectivity index (χ3v) is 3.29. The first kappa shape index (κ1) is 14.1. The molecule has 0 radical (unpaired) electrons. The summed E-state index contributed by atoms with van der Waals surface area (Å²) in [6, 6.07) is 12.3. The lowest BCUT2D eigenvalue weighted by atomic mass is 10.1. The normalized spacial score (nSPS) is 10.2. The molecule has 0 aliphatic heterocycles. The van der Waals surface area contributed by atoms with Crippen LogP contribution >= 0.6 is 0 Å². The van der Waals surface area contributed by atoms with Crippen molar-refractivity contribution in [2.45, 2.75) is 39.8 Å². The van der Waals surface area contributed by atoms with Crippen LogP contribution in [0.3, 0.4) is 0 Å². The van der Waals surface area contributed by atoms with Crippen molar-refractivity contribution in [2.24, 2.45) is 0 Å². The van der Waals surface area contributed by atoms with E-state index in [0.29, 0.717) is 6.42 Å². The van der Waals surface area contributed by atoms with Gasteiger partial charge in [-0.3, -0.25) is 4.68 Å². The molecule has 0 bridgehead atoms. The van der Waals surface area contributed by atoms with E-state index in [1.807, 2.05) is 28.9 Å². The number of nitrogens with one attached hydrogen (secondary N) is 1. The topological polar surface area (TPSA) is 53.6 Å². The van der Waals surface area contributed by atoms with E-state index in [9.17, 15) is 0 Å². The highest BCUT2D eigenvalue weighted by Gasteiger charge is 2.05. The molecule has 1 N–H and O–H groups in total. The molecule has 0 saturated carbocycles. The van der Waals surface area contributed by atoms with Crippen molar-refractivity contribution in [1.29, 1.82) is 5.26 Å². The summed E-state index contributed by atoms with van der Waals surface area (Å²) >= 11 is 0. The summed E-state index contributed by atoms with van der Waals surface area (Å²) < 4.78 is 2.04. The first-order valence-corrected chi connectivity index (χ1v) is 7.02. The fourth-order valence-corrected chi connectivity index (χ4v) is 2.13. The lowest BCUT2D eigenvalue weighted by Gasteiger charge is -2.08. The zero-order chi connectivity index (χ0) is 14.4. The highest BCUT2D eigenvalue weighted by atomic mass is 15.3. The van der Waals surface area contributed by atoms with E-state index in [1.165, 1.54) is 5.69 Å². The second-order valence-corrected chi connectivity index (χ2v) is 4.68. The van der Waals surface area contributed by atoms with E-state index >= 15 is 0 Å². The van der Waals surface area contributed by atoms with Gasteiger partial charge in [-0.15, -0.1) is 0 Å². The maximum atomic E-state index is 8.65. The largest absolute Gasteiger partial charge is 0.379 e. The molecule has 2 rings (SSSR count). The Hall–Kier alpha value is -2.28. The van der Waals surface area contributed by atoms with Gasteiger partial charge in [0.25, 0.3) is 0 Å². The Morgan fingerprint density at radius 2 is 2.00 bits per heavy atom. The summed E-state index contributed by atoms with van der Waals surface area (Å²) in [4.78, 5) is 0. The molecule has 0 aliphatic carbocycles. The Bertz CT molecular complexity index is 590. The molecular formula is C16H20N4. The predicted molar refractivity (Wildman–Crippen MR) is 80.4 cm³/mol. The standard InChI is InChI=1S/C16H20N4/c1-3-14-11-16(20(4-2)19-14)12-18-15-7-5-13(6-8-15)9-10-17/h5-8,11,18H,3-4,9,12H2,1-2H3. The van der Waals surface area contributed by atoms with Gasteiger partial charge in [0.2, 0.25) is 0 Å². The van der Waals surface area contributed by atoms with E-state index in [-0.39, 0.29) is 0 Å². The molecule has 2 aromatic rings. The van der Waals surface area contributed by atoms with Crippen molar-refractivity contribution in [1.82, 2.24) is 9.78 Å². The second kappa shape index (κ2) is 6.76. The first-order valence-electron chi connectivity index (χ1n) is 7.02. The predicted octanol–water partition coefficient (Wildman–Crippen LogP) is 3.14. The molecule has 4 nitrogen and oxygen atoms in total. The van der Waals surface area contributed by atoms with Crippen LogP contribution in [-0.4, -0.2) is 9.78 Å². The van der Waals surface area contributed by atoms with Gasteiger partial charge < -0.3 is 5.32 Å². The number of rotatable bonds is 6. The van der Waals surface area contributed by atoms with Gasteiger partial charge >= 0.3 is 0 Å². The highest BCUT2D eigenvalue weighted by molar-refractivity contribution is 5.45. The molecule has 4 heteroatoms. The van der Waals surface area contributed by atoms with E-state index in [1.54, 1.807) is 0 Å². The minimum Gasteiger partial charge on any atom is -0.379 e. The van der Waals surface area contributed by atoms with Crippen LogP contribution < -0.4 is 5.32 Å². The van der Waals surface area contributed by atoms with E-state index < -0.39 is 0 Å². The van der Waals surface area contributed by atoms with Crippen molar-refractivity contribution < 1.29 is 0 Å². The van der Waals surface area contributed by atoms with Crippen molar-refractivity contribution in [3.05, 3.63) is 47.3 Å². The Kier molecular flexibility index (Phi) is 4.78. The van der Waals surface area contributed by atoms with Crippen LogP contribution in [0.5, 0.6) is 0 Å². The molecule has 0 aliphatic rings. The molecule has 0 unspecified atom stereocenters. The summed E-state index contributed by atoms with van der Waals surface area (Å²) in [5.41, 5.74) is 4.44. The number of nitriles is 1. The quantitative estimate of drug-likeness (QED) is 0.875. The van der Waals surface area contributed by atoms with Gasteiger partial charge in [-0.05, 0) is 37.1 Å². The number of hydrogen-bond acceptors (Lipinski definition) is 3. The van der Waals surface area contributed by atoms with Crippen molar-refractivity contribution in [3.8, 4) is 6.07 Å². The maximum Gasteiger partial charge on any atom is 0.0669 e. The number of hydrogen-bond donors (Lipinski definition) is 1. The summed E-state index contributed by atoms with van der Waals surface area (Å²) in [5, 5.41) is 16.6. The Morgan fingerprint density at radius 3 is 2.60 bits per heavy atom. The van der Waals surface area contributed by atoms with Crippen LogP contribution in [0, 0.1) is 11.3 Å². The number of nitrogens with zero attached hydrogens (tertiary/aromatic N) is 3. The Morgan fingerprint density at radius 1 is 1.25 bits per heavy atom. The molecule has 20 heavy (non-hydrogen) atoms. The molecule has 1 aromatic carbocycles. The smallest absolute Gasteiger partial charge is 0.0669 e. The highest BCUT2D eigenvalue weighted by Crippen LogP contribution is 2.13. The molecular weight excluding hydrogens is 248 g/mol. The van der Waals surface area contributed by atoms with Gasteiger partial charge in [0.15, 0.2) is 0 Å². The van der Waals surface area contributed by atoms with Crippen LogP contribution in [0.1, 0.15) is 30.8 Å². The minimum atomic E-state index is 0.461. The summed E-state index contributed by atoms with van der Waals surface area (Å²) in [6.45, 7) is 5.87. The van der Waals surface area contributed by atoms with Gasteiger partial charge in [-0.25, -0.2) is 0 Å². The molecule has 104 valence electrons. The number of aryl methyl sites for hydroxylation is 2. The van der Waals surface area contributed by atoms with Crippen molar-refractivity contribution in [3.63, 3.8) is 0 Å². The van der Waals surface area contributed by atoms with Crippen molar-refractivity contribution in [2.75, 3.05) is 5.32 Å². The van der Waals surface area contributed by atoms with Crippen LogP contribution in [0.2, 0.25) is 0 Å². The van der Waals surface area contributed by atoms with Gasteiger partial charge in [-0.2, -0.15) is 10.4 Å². The minimum absolute atomic E-state index is 0.461. The molecule has 1 aromatic heterocycles.